The van der Waals surface area contributed by atoms with Gasteiger partial charge in [-0.15, -0.1) is 0 Å². The number of anilines is 6. The molecule has 0 aliphatic heterocycles. The quantitative estimate of drug-likeness (QED) is 0.152. The van der Waals surface area contributed by atoms with Gasteiger partial charge in [0, 0.05) is 61.4 Å². The molecule has 0 fully saturated rings. The van der Waals surface area contributed by atoms with E-state index in [1.54, 1.807) is 0 Å². The van der Waals surface area contributed by atoms with Crippen molar-refractivity contribution in [2.45, 2.75) is 0 Å². The van der Waals surface area contributed by atoms with Crippen LogP contribution in [0.1, 0.15) is 11.1 Å². The van der Waals surface area contributed by atoms with Gasteiger partial charge >= 0.3 is 0 Å². The van der Waals surface area contributed by atoms with E-state index in [4.69, 9.17) is 0 Å². The summed E-state index contributed by atoms with van der Waals surface area (Å²) in [5, 5.41) is 31.4. The van der Waals surface area contributed by atoms with Crippen molar-refractivity contribution >= 4 is 99.3 Å². The van der Waals surface area contributed by atoms with Gasteiger partial charge in [0.1, 0.15) is 12.1 Å². The SMILES string of the molecule is N#Cc1cc(-n2c3ccc(N(c4ccccc4)c4ccccc4)cc3c3c4ccccc4ccc32)cc(C#N)c1-n1c2ccc(N(c3ccccc3)c3ccccc3)cc2c2c3ccccc3ccc21. The molecule has 0 aliphatic rings. The van der Waals surface area contributed by atoms with Crippen LogP contribution in [0.4, 0.5) is 34.1 Å². The smallest absolute Gasteiger partial charge is 0.101 e. The van der Waals surface area contributed by atoms with E-state index >= 15 is 0 Å². The third kappa shape index (κ3) is 6.40. The van der Waals surface area contributed by atoms with Crippen LogP contribution in [0.3, 0.4) is 0 Å². The number of hydrogen-bond donors (Lipinski definition) is 0. The molecule has 0 bridgehead atoms. The third-order valence-electron chi connectivity index (χ3n) is 13.7. The second-order valence-electron chi connectivity index (χ2n) is 17.6. The van der Waals surface area contributed by atoms with E-state index in [9.17, 15) is 10.5 Å². The van der Waals surface area contributed by atoms with Gasteiger partial charge in [-0.25, -0.2) is 0 Å². The largest absolute Gasteiger partial charge is 0.310 e. The maximum Gasteiger partial charge on any atom is 0.101 e. The third-order valence-corrected chi connectivity index (χ3v) is 13.7. The number of aromatic nitrogens is 2. The summed E-state index contributed by atoms with van der Waals surface area (Å²) in [6.07, 6.45) is 0. The van der Waals surface area contributed by atoms with E-state index in [1.165, 1.54) is 0 Å². The van der Waals surface area contributed by atoms with E-state index < -0.39 is 0 Å². The Balaban J connectivity index is 1.05. The van der Waals surface area contributed by atoms with Gasteiger partial charge in [-0.1, -0.05) is 133 Å². The average molecular weight is 893 g/mol. The number of nitrogens with zero attached hydrogens (tertiary/aromatic N) is 6. The Morgan fingerprint density at radius 3 is 1.07 bits per heavy atom. The highest BCUT2D eigenvalue weighted by Crippen LogP contribution is 2.45. The Labute approximate surface area is 404 Å². The lowest BCUT2D eigenvalue weighted by atomic mass is 10.0. The first-order chi connectivity index (χ1) is 34.7. The van der Waals surface area contributed by atoms with E-state index in [0.29, 0.717) is 16.8 Å². The first-order valence-electron chi connectivity index (χ1n) is 23.4. The zero-order valence-corrected chi connectivity index (χ0v) is 37.8. The number of benzene rings is 11. The molecule has 0 saturated carbocycles. The second kappa shape index (κ2) is 16.5. The Morgan fingerprint density at radius 2 is 0.657 bits per heavy atom. The fourth-order valence-electron chi connectivity index (χ4n) is 10.7. The highest BCUT2D eigenvalue weighted by molar-refractivity contribution is 6.23. The van der Waals surface area contributed by atoms with Gasteiger partial charge in [-0.3, -0.25) is 0 Å². The highest BCUT2D eigenvalue weighted by atomic mass is 15.1. The molecular formula is C64H40N6. The van der Waals surface area contributed by atoms with Crippen LogP contribution < -0.4 is 9.80 Å². The Kier molecular flexibility index (Phi) is 9.50. The molecule has 11 aromatic carbocycles. The molecule has 13 aromatic rings. The van der Waals surface area contributed by atoms with Crippen molar-refractivity contribution < 1.29 is 0 Å². The molecule has 0 unspecified atom stereocenters. The number of nitriles is 2. The van der Waals surface area contributed by atoms with Crippen LogP contribution in [0.2, 0.25) is 0 Å². The van der Waals surface area contributed by atoms with Crippen LogP contribution in [0.25, 0.3) is 76.5 Å². The molecule has 0 N–H and O–H groups in total. The zero-order chi connectivity index (χ0) is 46.7. The molecule has 0 saturated heterocycles. The predicted octanol–water partition coefficient (Wildman–Crippen LogP) is 16.9. The standard InChI is InChI=1S/C64H40N6/c65-41-45-37-53(69-58-35-31-51(67(47-19-5-1-6-20-47)48-21-7-2-8-22-48)39-56(58)62-54-27-15-13-17-43(54)29-33-60(62)69)38-46(42-66)64(45)70-59-36-32-52(68(49-23-9-3-10-24-49)50-25-11-4-12-26-50)40-57(59)63-55-28-16-14-18-44(55)30-34-61(63)70/h1-40H. The highest BCUT2D eigenvalue weighted by Gasteiger charge is 2.25. The van der Waals surface area contributed by atoms with Crippen molar-refractivity contribution in [3.63, 3.8) is 0 Å². The lowest BCUT2D eigenvalue weighted by molar-refractivity contribution is 1.12. The van der Waals surface area contributed by atoms with Gasteiger partial charge in [0.05, 0.1) is 38.9 Å². The van der Waals surface area contributed by atoms with Crippen LogP contribution in [0.5, 0.6) is 0 Å². The lowest BCUT2D eigenvalue weighted by Gasteiger charge is -2.25. The monoisotopic (exact) mass is 892 g/mol. The van der Waals surface area contributed by atoms with Crippen molar-refractivity contribution in [1.29, 1.82) is 10.5 Å². The number of para-hydroxylation sites is 4. The molecule has 6 nitrogen and oxygen atoms in total. The van der Waals surface area contributed by atoms with Crippen molar-refractivity contribution in [2.24, 2.45) is 0 Å². The normalized spacial score (nSPS) is 11.4. The summed E-state index contributed by atoms with van der Waals surface area (Å²) in [4.78, 5) is 4.55. The van der Waals surface area contributed by atoms with Crippen LogP contribution in [0, 0.1) is 22.7 Å². The number of fused-ring (bicyclic) bond motifs is 10. The Hall–Kier alpha value is -9.88. The summed E-state index contributed by atoms with van der Waals surface area (Å²) in [6, 6.07) is 89.4. The molecule has 0 spiro atoms. The minimum Gasteiger partial charge on any atom is -0.310 e. The molecule has 70 heavy (non-hydrogen) atoms. The molecule has 0 atom stereocenters. The molecule has 0 aliphatic carbocycles. The minimum absolute atomic E-state index is 0.395. The number of hydrogen-bond acceptors (Lipinski definition) is 4. The maximum atomic E-state index is 11.3. The van der Waals surface area contributed by atoms with E-state index in [1.807, 2.05) is 36.4 Å². The van der Waals surface area contributed by atoms with Gasteiger partial charge in [0.15, 0.2) is 0 Å². The summed E-state index contributed by atoms with van der Waals surface area (Å²) >= 11 is 0. The number of rotatable bonds is 8. The first-order valence-corrected chi connectivity index (χ1v) is 23.4. The molecule has 6 heteroatoms. The minimum atomic E-state index is 0.395. The van der Waals surface area contributed by atoms with Crippen LogP contribution in [-0.4, -0.2) is 9.13 Å². The predicted molar refractivity (Wildman–Crippen MR) is 289 cm³/mol. The first kappa shape index (κ1) is 40.4. The average Bonchev–Trinajstić information content (AvgIpc) is 3.94. The topological polar surface area (TPSA) is 63.9 Å². The fourth-order valence-corrected chi connectivity index (χ4v) is 10.7. The summed E-state index contributed by atoms with van der Waals surface area (Å²) < 4.78 is 4.35. The Morgan fingerprint density at radius 1 is 0.300 bits per heavy atom. The van der Waals surface area contributed by atoms with Gasteiger partial charge < -0.3 is 18.9 Å². The second-order valence-corrected chi connectivity index (χ2v) is 17.6. The summed E-state index contributed by atoms with van der Waals surface area (Å²) in [7, 11) is 0. The van der Waals surface area contributed by atoms with Crippen LogP contribution >= 0.6 is 0 Å². The van der Waals surface area contributed by atoms with Crippen molar-refractivity contribution in [3.8, 4) is 23.5 Å². The summed E-state index contributed by atoms with van der Waals surface area (Å²) in [5.41, 5.74) is 12.0. The molecule has 0 amide bonds. The lowest BCUT2D eigenvalue weighted by Crippen LogP contribution is -2.09. The van der Waals surface area contributed by atoms with Gasteiger partial charge in [0.2, 0.25) is 0 Å². The summed E-state index contributed by atoms with van der Waals surface area (Å²) in [5.74, 6) is 0. The van der Waals surface area contributed by atoms with E-state index in [-0.39, 0.29) is 0 Å². The fraction of sp³-hybridized carbons (Fsp3) is 0. The van der Waals surface area contributed by atoms with Crippen molar-refractivity contribution in [2.75, 3.05) is 9.80 Å². The maximum absolute atomic E-state index is 11.3. The molecule has 0 radical (unpaired) electrons. The van der Waals surface area contributed by atoms with E-state index in [0.717, 1.165) is 105 Å². The molecule has 2 heterocycles. The van der Waals surface area contributed by atoms with Gasteiger partial charge in [0.25, 0.3) is 0 Å². The van der Waals surface area contributed by atoms with Crippen molar-refractivity contribution in [3.05, 3.63) is 254 Å². The van der Waals surface area contributed by atoms with E-state index in [2.05, 4.69) is 237 Å². The molecule has 2 aromatic heterocycles. The molecular weight excluding hydrogens is 853 g/mol. The van der Waals surface area contributed by atoms with Gasteiger partial charge in [-0.05, 0) is 131 Å². The van der Waals surface area contributed by atoms with Crippen LogP contribution in [-0.2, 0) is 0 Å². The molecule has 13 rings (SSSR count). The van der Waals surface area contributed by atoms with Crippen LogP contribution in [0.15, 0.2) is 243 Å². The van der Waals surface area contributed by atoms with Gasteiger partial charge in [-0.2, -0.15) is 10.5 Å². The Bertz CT molecular complexity index is 4140. The zero-order valence-electron chi connectivity index (χ0n) is 37.8. The molecule has 326 valence electrons. The van der Waals surface area contributed by atoms with Crippen molar-refractivity contribution in [1.82, 2.24) is 9.13 Å². The summed E-state index contributed by atoms with van der Waals surface area (Å²) in [6.45, 7) is 0.